The van der Waals surface area contributed by atoms with Gasteiger partial charge in [-0.2, -0.15) is 0 Å². The first-order chi connectivity index (χ1) is 7.37. The molecule has 0 aromatic heterocycles. The van der Waals surface area contributed by atoms with Gasteiger partial charge in [-0.1, -0.05) is 19.9 Å². The van der Waals surface area contributed by atoms with Crippen molar-refractivity contribution in [1.29, 1.82) is 0 Å². The Hall–Kier alpha value is -0.830. The molecule has 0 heterocycles. The molecule has 0 fully saturated rings. The van der Waals surface area contributed by atoms with E-state index in [9.17, 15) is 9.90 Å². The van der Waals surface area contributed by atoms with Crippen LogP contribution in [0.2, 0.25) is 0 Å². The molecule has 3 nitrogen and oxygen atoms in total. The van der Waals surface area contributed by atoms with Crippen molar-refractivity contribution in [3.05, 3.63) is 12.7 Å². The summed E-state index contributed by atoms with van der Waals surface area (Å²) < 4.78 is 0. The molecule has 0 rings (SSSR count). The molecule has 0 aromatic rings. The van der Waals surface area contributed by atoms with Crippen molar-refractivity contribution in [2.45, 2.75) is 52.1 Å². The predicted octanol–water partition coefficient (Wildman–Crippen LogP) is 2.26. The molecule has 94 valence electrons. The Kier molecular flexibility index (Phi) is 7.06. The highest BCUT2D eigenvalue weighted by Crippen LogP contribution is 2.15. The second-order valence-electron chi connectivity index (χ2n) is 5.03. The molecule has 3 heteroatoms. The minimum atomic E-state index is -0.798. The maximum absolute atomic E-state index is 11.3. The van der Waals surface area contributed by atoms with E-state index in [2.05, 4.69) is 25.7 Å². The zero-order valence-electron chi connectivity index (χ0n) is 10.8. The number of hydrogen-bond donors (Lipinski definition) is 2. The standard InChI is InChI=1S/C13H25NO2/c1-5-6-7-12(15)14-10-13(4,16)9-8-11(2)3/h5,11,16H,1,6-10H2,2-4H3,(H,14,15). The Bertz CT molecular complexity index is 222. The van der Waals surface area contributed by atoms with Crippen LogP contribution in [-0.2, 0) is 4.79 Å². The molecule has 0 aliphatic carbocycles. The van der Waals surface area contributed by atoms with Crippen LogP contribution in [0.1, 0.15) is 46.5 Å². The van der Waals surface area contributed by atoms with Gasteiger partial charge in [0.05, 0.1) is 5.60 Å². The summed E-state index contributed by atoms with van der Waals surface area (Å²) in [5, 5.41) is 12.7. The minimum absolute atomic E-state index is 0.0234. The van der Waals surface area contributed by atoms with Crippen LogP contribution >= 0.6 is 0 Å². The molecule has 0 saturated carbocycles. The van der Waals surface area contributed by atoms with E-state index >= 15 is 0 Å². The van der Waals surface area contributed by atoms with Gasteiger partial charge < -0.3 is 10.4 Å². The van der Waals surface area contributed by atoms with E-state index in [0.717, 1.165) is 6.42 Å². The highest BCUT2D eigenvalue weighted by atomic mass is 16.3. The van der Waals surface area contributed by atoms with Gasteiger partial charge in [-0.05, 0) is 32.1 Å². The predicted molar refractivity (Wildman–Crippen MR) is 67.1 cm³/mol. The summed E-state index contributed by atoms with van der Waals surface area (Å²) in [6.45, 7) is 9.90. The second-order valence-corrected chi connectivity index (χ2v) is 5.03. The van der Waals surface area contributed by atoms with Gasteiger partial charge in [0.25, 0.3) is 0 Å². The number of aliphatic hydroxyl groups is 1. The maximum atomic E-state index is 11.3. The fraction of sp³-hybridized carbons (Fsp3) is 0.769. The number of nitrogens with one attached hydrogen (secondary N) is 1. The third kappa shape index (κ3) is 8.48. The van der Waals surface area contributed by atoms with Crippen molar-refractivity contribution >= 4 is 5.91 Å². The van der Waals surface area contributed by atoms with E-state index in [1.165, 1.54) is 0 Å². The Morgan fingerprint density at radius 3 is 2.69 bits per heavy atom. The summed E-state index contributed by atoms with van der Waals surface area (Å²) in [4.78, 5) is 11.3. The number of carbonyl (C=O) groups is 1. The lowest BCUT2D eigenvalue weighted by atomic mass is 9.95. The fourth-order valence-corrected chi connectivity index (χ4v) is 1.30. The molecule has 16 heavy (non-hydrogen) atoms. The van der Waals surface area contributed by atoms with Crippen molar-refractivity contribution in [2.75, 3.05) is 6.54 Å². The summed E-state index contributed by atoms with van der Waals surface area (Å²) in [6.07, 6.45) is 4.53. The largest absolute Gasteiger partial charge is 0.388 e. The zero-order valence-corrected chi connectivity index (χ0v) is 10.8. The molecule has 1 atom stereocenters. The lowest BCUT2D eigenvalue weighted by Crippen LogP contribution is -2.40. The normalized spacial score (nSPS) is 14.6. The average molecular weight is 227 g/mol. The molecular formula is C13H25NO2. The lowest BCUT2D eigenvalue weighted by molar-refractivity contribution is -0.122. The van der Waals surface area contributed by atoms with Crippen molar-refractivity contribution in [1.82, 2.24) is 5.32 Å². The first-order valence-corrected chi connectivity index (χ1v) is 5.97. The van der Waals surface area contributed by atoms with Crippen LogP contribution in [0, 0.1) is 5.92 Å². The van der Waals surface area contributed by atoms with Crippen LogP contribution < -0.4 is 5.32 Å². The Labute approximate surface area is 98.9 Å². The molecule has 0 bridgehead atoms. The Morgan fingerprint density at radius 2 is 2.19 bits per heavy atom. The fourth-order valence-electron chi connectivity index (χ4n) is 1.30. The molecule has 2 N–H and O–H groups in total. The molecule has 0 aliphatic rings. The molecule has 0 radical (unpaired) electrons. The average Bonchev–Trinajstić information content (AvgIpc) is 2.21. The number of hydrogen-bond acceptors (Lipinski definition) is 2. The molecule has 0 aliphatic heterocycles. The number of carbonyl (C=O) groups excluding carboxylic acids is 1. The van der Waals surface area contributed by atoms with Gasteiger partial charge in [-0.3, -0.25) is 4.79 Å². The Balaban J connectivity index is 3.79. The topological polar surface area (TPSA) is 49.3 Å². The van der Waals surface area contributed by atoms with Crippen LogP contribution in [-0.4, -0.2) is 23.2 Å². The van der Waals surface area contributed by atoms with Crippen molar-refractivity contribution in [2.24, 2.45) is 5.92 Å². The first kappa shape index (κ1) is 15.2. The van der Waals surface area contributed by atoms with Crippen LogP contribution in [0.5, 0.6) is 0 Å². The van der Waals surface area contributed by atoms with E-state index in [4.69, 9.17) is 0 Å². The Morgan fingerprint density at radius 1 is 1.56 bits per heavy atom. The molecule has 1 amide bonds. The molecule has 0 aromatic carbocycles. The smallest absolute Gasteiger partial charge is 0.220 e. The van der Waals surface area contributed by atoms with E-state index in [1.54, 1.807) is 13.0 Å². The third-order valence-corrected chi connectivity index (χ3v) is 2.50. The number of allylic oxidation sites excluding steroid dienone is 1. The third-order valence-electron chi connectivity index (χ3n) is 2.50. The van der Waals surface area contributed by atoms with Crippen molar-refractivity contribution < 1.29 is 9.90 Å². The summed E-state index contributed by atoms with van der Waals surface area (Å²) in [5.41, 5.74) is -0.798. The molecule has 0 saturated heterocycles. The molecule has 1 unspecified atom stereocenters. The van der Waals surface area contributed by atoms with Gasteiger partial charge in [-0.25, -0.2) is 0 Å². The van der Waals surface area contributed by atoms with E-state index in [-0.39, 0.29) is 5.91 Å². The lowest BCUT2D eigenvalue weighted by Gasteiger charge is -2.24. The highest BCUT2D eigenvalue weighted by molar-refractivity contribution is 5.76. The maximum Gasteiger partial charge on any atom is 0.220 e. The van der Waals surface area contributed by atoms with E-state index in [0.29, 0.717) is 31.7 Å². The van der Waals surface area contributed by atoms with Crippen LogP contribution in [0.3, 0.4) is 0 Å². The second kappa shape index (κ2) is 7.44. The van der Waals surface area contributed by atoms with Crippen molar-refractivity contribution in [3.63, 3.8) is 0 Å². The van der Waals surface area contributed by atoms with Gasteiger partial charge in [0.15, 0.2) is 0 Å². The quantitative estimate of drug-likeness (QED) is 0.625. The van der Waals surface area contributed by atoms with Gasteiger partial charge >= 0.3 is 0 Å². The molecular weight excluding hydrogens is 202 g/mol. The van der Waals surface area contributed by atoms with Crippen LogP contribution in [0.25, 0.3) is 0 Å². The van der Waals surface area contributed by atoms with Crippen molar-refractivity contribution in [3.8, 4) is 0 Å². The number of amides is 1. The SMILES string of the molecule is C=CCCC(=O)NCC(C)(O)CCC(C)C. The summed E-state index contributed by atoms with van der Waals surface area (Å²) in [6, 6.07) is 0. The van der Waals surface area contributed by atoms with Gasteiger partial charge in [-0.15, -0.1) is 6.58 Å². The highest BCUT2D eigenvalue weighted by Gasteiger charge is 2.20. The van der Waals surface area contributed by atoms with Gasteiger partial charge in [0.1, 0.15) is 0 Å². The zero-order chi connectivity index (χ0) is 12.6. The van der Waals surface area contributed by atoms with E-state index in [1.807, 2.05) is 0 Å². The number of rotatable bonds is 8. The van der Waals surface area contributed by atoms with Crippen LogP contribution in [0.4, 0.5) is 0 Å². The minimum Gasteiger partial charge on any atom is -0.388 e. The summed E-state index contributed by atoms with van der Waals surface area (Å²) >= 11 is 0. The van der Waals surface area contributed by atoms with E-state index < -0.39 is 5.60 Å². The first-order valence-electron chi connectivity index (χ1n) is 5.97. The molecule has 0 spiro atoms. The van der Waals surface area contributed by atoms with Gasteiger partial charge in [0, 0.05) is 13.0 Å². The summed E-state index contributed by atoms with van der Waals surface area (Å²) in [5.74, 6) is 0.549. The van der Waals surface area contributed by atoms with Crippen LogP contribution in [0.15, 0.2) is 12.7 Å². The van der Waals surface area contributed by atoms with Gasteiger partial charge in [0.2, 0.25) is 5.91 Å². The summed E-state index contributed by atoms with van der Waals surface area (Å²) in [7, 11) is 0. The monoisotopic (exact) mass is 227 g/mol.